The number of aromatic amines is 2. The Morgan fingerprint density at radius 2 is 2.03 bits per heavy atom. The maximum Gasteiger partial charge on any atom is 0.275 e. The third-order valence-corrected chi connectivity index (χ3v) is 5.72. The van der Waals surface area contributed by atoms with Crippen molar-refractivity contribution in [3.05, 3.63) is 70.0 Å². The van der Waals surface area contributed by atoms with Crippen molar-refractivity contribution in [2.24, 2.45) is 0 Å². The monoisotopic (exact) mass is 433 g/mol. The first-order valence-electron chi connectivity index (χ1n) is 10.4. The summed E-state index contributed by atoms with van der Waals surface area (Å²) in [4.78, 5) is 24.9. The number of amides is 1. The van der Waals surface area contributed by atoms with Crippen molar-refractivity contribution in [3.8, 4) is 17.0 Å². The first-order chi connectivity index (χ1) is 15.7. The fraction of sp³-hybridized carbons (Fsp3) is 0.261. The number of fused-ring (bicyclic) bond motifs is 1. The summed E-state index contributed by atoms with van der Waals surface area (Å²) in [6.45, 7) is 1.63. The van der Waals surface area contributed by atoms with Crippen LogP contribution in [0.15, 0.2) is 53.3 Å². The van der Waals surface area contributed by atoms with Crippen LogP contribution < -0.4 is 15.6 Å². The number of carbonyl (C=O) groups is 1. The molecule has 2 aromatic carbocycles. The highest BCUT2D eigenvalue weighted by atomic mass is 16.5. The van der Waals surface area contributed by atoms with E-state index in [0.717, 1.165) is 17.5 Å². The Balaban J connectivity index is 1.36. The minimum Gasteiger partial charge on any atom is -0.496 e. The molecule has 0 aliphatic carbocycles. The zero-order valence-corrected chi connectivity index (χ0v) is 17.6. The molecule has 0 spiro atoms. The van der Waals surface area contributed by atoms with Gasteiger partial charge in [0.1, 0.15) is 16.8 Å². The number of H-pyrrole nitrogens is 2. The van der Waals surface area contributed by atoms with Crippen LogP contribution >= 0.6 is 0 Å². The van der Waals surface area contributed by atoms with Crippen molar-refractivity contribution in [2.45, 2.75) is 19.0 Å². The Kier molecular flexibility index (Phi) is 5.24. The van der Waals surface area contributed by atoms with Crippen LogP contribution in [0, 0.1) is 0 Å². The van der Waals surface area contributed by atoms with E-state index >= 15 is 0 Å². The van der Waals surface area contributed by atoms with Crippen LogP contribution in [0.3, 0.4) is 0 Å². The van der Waals surface area contributed by atoms with Gasteiger partial charge in [-0.05, 0) is 24.1 Å². The Labute approximate surface area is 183 Å². The van der Waals surface area contributed by atoms with Gasteiger partial charge in [-0.25, -0.2) is 4.68 Å². The summed E-state index contributed by atoms with van der Waals surface area (Å²) >= 11 is 0. The summed E-state index contributed by atoms with van der Waals surface area (Å²) in [6.07, 6.45) is 0.855. The molecule has 0 bridgehead atoms. The van der Waals surface area contributed by atoms with Gasteiger partial charge in [0.05, 0.1) is 25.3 Å². The van der Waals surface area contributed by atoms with Gasteiger partial charge >= 0.3 is 0 Å². The molecule has 1 fully saturated rings. The molecule has 1 unspecified atom stereocenters. The zero-order valence-electron chi connectivity index (χ0n) is 17.6. The van der Waals surface area contributed by atoms with E-state index in [1.54, 1.807) is 25.3 Å². The second-order valence-electron chi connectivity index (χ2n) is 7.69. The normalized spacial score (nSPS) is 15.8. The van der Waals surface area contributed by atoms with E-state index in [9.17, 15) is 9.59 Å². The number of aromatic nitrogens is 4. The second-order valence-corrected chi connectivity index (χ2v) is 7.69. The highest BCUT2D eigenvalue weighted by Gasteiger charge is 2.25. The minimum absolute atomic E-state index is 0.0992. The molecule has 164 valence electrons. The number of carbonyl (C=O) groups excluding carboxylic acids is 1. The van der Waals surface area contributed by atoms with E-state index in [0.29, 0.717) is 47.8 Å². The van der Waals surface area contributed by atoms with Crippen LogP contribution in [0.5, 0.6) is 5.75 Å². The average Bonchev–Trinajstić information content (AvgIpc) is 3.57. The number of para-hydroxylation sites is 1. The third-order valence-electron chi connectivity index (χ3n) is 5.72. The molecular weight excluding hydrogens is 410 g/mol. The molecule has 3 N–H and O–H groups in total. The van der Waals surface area contributed by atoms with Crippen molar-refractivity contribution < 1.29 is 14.3 Å². The summed E-state index contributed by atoms with van der Waals surface area (Å²) in [5, 5.41) is 13.8. The van der Waals surface area contributed by atoms with Crippen molar-refractivity contribution in [2.75, 3.05) is 20.3 Å². The summed E-state index contributed by atoms with van der Waals surface area (Å²) in [5.74, 6) is 0.328. The molecule has 4 aromatic rings. The third kappa shape index (κ3) is 3.56. The summed E-state index contributed by atoms with van der Waals surface area (Å²) < 4.78 is 12.6. The number of benzene rings is 2. The maximum absolute atomic E-state index is 12.5. The highest BCUT2D eigenvalue weighted by molar-refractivity contribution is 5.97. The predicted molar refractivity (Wildman–Crippen MR) is 119 cm³/mol. The van der Waals surface area contributed by atoms with E-state index in [4.69, 9.17) is 14.6 Å². The standard InChI is InChI=1S/C23H23N5O4/c1-31-18-5-3-2-4-17(18)22(29)24-12-14-6-8-15(9-7-14)20-19-21(25-26-23(19)30)28(27-20)16-10-11-32-13-16/h2-9,16H,10-13H2,1H3,(H,24,29)(H2,25,26,30). The highest BCUT2D eigenvalue weighted by Crippen LogP contribution is 2.29. The van der Waals surface area contributed by atoms with Crippen LogP contribution in [0.1, 0.15) is 28.4 Å². The van der Waals surface area contributed by atoms with E-state index in [1.807, 2.05) is 35.0 Å². The molecule has 1 atom stereocenters. The molecule has 1 aliphatic rings. The lowest BCUT2D eigenvalue weighted by atomic mass is 10.1. The van der Waals surface area contributed by atoms with Gasteiger partial charge < -0.3 is 14.8 Å². The Bertz CT molecular complexity index is 1310. The number of rotatable bonds is 6. The quantitative estimate of drug-likeness (QED) is 0.433. The molecule has 0 radical (unpaired) electrons. The minimum atomic E-state index is -0.204. The zero-order chi connectivity index (χ0) is 22.1. The molecule has 5 rings (SSSR count). The second kappa shape index (κ2) is 8.35. The molecule has 3 heterocycles. The number of nitrogens with one attached hydrogen (secondary N) is 3. The number of hydrogen-bond donors (Lipinski definition) is 3. The van der Waals surface area contributed by atoms with E-state index < -0.39 is 0 Å². The Morgan fingerprint density at radius 1 is 1.22 bits per heavy atom. The molecule has 9 heteroatoms. The van der Waals surface area contributed by atoms with Crippen LogP contribution in [-0.2, 0) is 11.3 Å². The molecule has 2 aromatic heterocycles. The molecule has 1 amide bonds. The number of nitrogens with zero attached hydrogens (tertiary/aromatic N) is 2. The van der Waals surface area contributed by atoms with Gasteiger partial charge in [0, 0.05) is 18.7 Å². The van der Waals surface area contributed by atoms with Crippen molar-refractivity contribution in [1.82, 2.24) is 25.3 Å². The fourth-order valence-corrected chi connectivity index (χ4v) is 4.02. The summed E-state index contributed by atoms with van der Waals surface area (Å²) in [6, 6.07) is 14.9. The van der Waals surface area contributed by atoms with Crippen LogP contribution in [0.2, 0.25) is 0 Å². The smallest absolute Gasteiger partial charge is 0.275 e. The van der Waals surface area contributed by atoms with Crippen molar-refractivity contribution in [1.29, 1.82) is 0 Å². The molecule has 0 saturated carbocycles. The van der Waals surface area contributed by atoms with Crippen LogP contribution in [0.4, 0.5) is 0 Å². The van der Waals surface area contributed by atoms with Gasteiger partial charge in [-0.3, -0.25) is 19.8 Å². The first-order valence-corrected chi connectivity index (χ1v) is 10.4. The van der Waals surface area contributed by atoms with Crippen molar-refractivity contribution >= 4 is 16.9 Å². The van der Waals surface area contributed by atoms with Gasteiger partial charge in [-0.1, -0.05) is 36.4 Å². The Morgan fingerprint density at radius 3 is 2.78 bits per heavy atom. The number of hydrogen-bond acceptors (Lipinski definition) is 5. The lowest BCUT2D eigenvalue weighted by Gasteiger charge is -2.09. The van der Waals surface area contributed by atoms with Gasteiger partial charge in [-0.15, -0.1) is 0 Å². The number of methoxy groups -OCH3 is 1. The van der Waals surface area contributed by atoms with E-state index in [-0.39, 0.29) is 17.5 Å². The Hall–Kier alpha value is -3.85. The maximum atomic E-state index is 12.5. The SMILES string of the molecule is COc1ccccc1C(=O)NCc1ccc(-c2nn(C3CCOC3)c3[nH][nH]c(=O)c23)cc1. The summed E-state index contributed by atoms with van der Waals surface area (Å²) in [7, 11) is 1.54. The fourth-order valence-electron chi connectivity index (χ4n) is 4.02. The van der Waals surface area contributed by atoms with Crippen LogP contribution in [-0.4, -0.2) is 46.2 Å². The van der Waals surface area contributed by atoms with Gasteiger partial charge in [-0.2, -0.15) is 5.10 Å². The average molecular weight is 433 g/mol. The van der Waals surface area contributed by atoms with Gasteiger partial charge in [0.15, 0.2) is 5.65 Å². The number of ether oxygens (including phenoxy) is 2. The van der Waals surface area contributed by atoms with E-state index in [2.05, 4.69) is 15.5 Å². The summed E-state index contributed by atoms with van der Waals surface area (Å²) in [5.41, 5.74) is 3.35. The lowest BCUT2D eigenvalue weighted by Crippen LogP contribution is -2.23. The molecule has 1 saturated heterocycles. The first kappa shape index (κ1) is 20.1. The lowest BCUT2D eigenvalue weighted by molar-refractivity contribution is 0.0948. The van der Waals surface area contributed by atoms with Crippen molar-refractivity contribution in [3.63, 3.8) is 0 Å². The molecule has 32 heavy (non-hydrogen) atoms. The van der Waals surface area contributed by atoms with Crippen LogP contribution in [0.25, 0.3) is 22.3 Å². The molecule has 1 aliphatic heterocycles. The topological polar surface area (TPSA) is 114 Å². The predicted octanol–water partition coefficient (Wildman–Crippen LogP) is 2.62. The van der Waals surface area contributed by atoms with Gasteiger partial charge in [0.2, 0.25) is 0 Å². The van der Waals surface area contributed by atoms with E-state index in [1.165, 1.54) is 0 Å². The molecule has 9 nitrogen and oxygen atoms in total. The molecular formula is C23H23N5O4. The largest absolute Gasteiger partial charge is 0.496 e. The van der Waals surface area contributed by atoms with Gasteiger partial charge in [0.25, 0.3) is 11.5 Å².